The standard InChI is InChI=1S/C18H27N3O4S/c22-17-13-19-11-15(17)12-20-18(23)14-5-7-16(8-6-14)26(24,25)21-9-3-1-2-4-10-21/h5-8,15,17,19,22H,1-4,9-13H2,(H,20,23). The lowest BCUT2D eigenvalue weighted by Gasteiger charge is -2.20. The summed E-state index contributed by atoms with van der Waals surface area (Å²) >= 11 is 0. The van der Waals surface area contributed by atoms with Gasteiger partial charge in [-0.2, -0.15) is 4.31 Å². The molecule has 2 heterocycles. The number of β-amino-alcohol motifs (C(OH)–C–C–N with tert-alkyl or cyclic N) is 1. The van der Waals surface area contributed by atoms with Crippen LogP contribution >= 0.6 is 0 Å². The highest BCUT2D eigenvalue weighted by atomic mass is 32.2. The van der Waals surface area contributed by atoms with Crippen molar-refractivity contribution in [2.24, 2.45) is 5.92 Å². The van der Waals surface area contributed by atoms with Crippen LogP contribution in [-0.2, 0) is 10.0 Å². The number of nitrogens with one attached hydrogen (secondary N) is 2. The van der Waals surface area contributed by atoms with E-state index in [0.717, 1.165) is 25.7 Å². The molecule has 3 N–H and O–H groups in total. The molecule has 2 fully saturated rings. The minimum Gasteiger partial charge on any atom is -0.391 e. The zero-order valence-corrected chi connectivity index (χ0v) is 15.7. The van der Waals surface area contributed by atoms with Gasteiger partial charge in [-0.15, -0.1) is 0 Å². The Morgan fingerprint density at radius 2 is 1.77 bits per heavy atom. The van der Waals surface area contributed by atoms with E-state index in [0.29, 0.717) is 38.3 Å². The molecule has 1 aromatic carbocycles. The van der Waals surface area contributed by atoms with E-state index in [4.69, 9.17) is 0 Å². The molecule has 3 rings (SSSR count). The van der Waals surface area contributed by atoms with Gasteiger partial charge in [-0.05, 0) is 37.1 Å². The molecule has 0 saturated carbocycles. The lowest BCUT2D eigenvalue weighted by Crippen LogP contribution is -2.34. The molecule has 0 bridgehead atoms. The summed E-state index contributed by atoms with van der Waals surface area (Å²) in [6.45, 7) is 2.73. The molecule has 2 unspecified atom stereocenters. The molecular formula is C18H27N3O4S. The Morgan fingerprint density at radius 1 is 1.12 bits per heavy atom. The maximum absolute atomic E-state index is 12.7. The van der Waals surface area contributed by atoms with Gasteiger partial charge in [0.05, 0.1) is 11.0 Å². The molecular weight excluding hydrogens is 354 g/mol. The quantitative estimate of drug-likeness (QED) is 0.692. The van der Waals surface area contributed by atoms with Gasteiger partial charge in [-0.3, -0.25) is 4.79 Å². The van der Waals surface area contributed by atoms with Crippen LogP contribution in [0.15, 0.2) is 29.2 Å². The van der Waals surface area contributed by atoms with Gasteiger partial charge in [0.15, 0.2) is 0 Å². The predicted octanol–water partition coefficient (Wildman–Crippen LogP) is 0.561. The summed E-state index contributed by atoms with van der Waals surface area (Å²) in [5.74, 6) is -0.260. The van der Waals surface area contributed by atoms with Crippen LogP contribution in [0.5, 0.6) is 0 Å². The van der Waals surface area contributed by atoms with E-state index in [2.05, 4.69) is 10.6 Å². The van der Waals surface area contributed by atoms with E-state index in [-0.39, 0.29) is 16.7 Å². The van der Waals surface area contributed by atoms with Crippen LogP contribution in [-0.4, -0.2) is 62.6 Å². The van der Waals surface area contributed by atoms with E-state index in [1.54, 1.807) is 16.4 Å². The largest absolute Gasteiger partial charge is 0.391 e. The van der Waals surface area contributed by atoms with Crippen LogP contribution in [0.3, 0.4) is 0 Å². The summed E-state index contributed by atoms with van der Waals surface area (Å²) in [6, 6.07) is 6.09. The first-order valence-corrected chi connectivity index (χ1v) is 10.7. The molecule has 2 saturated heterocycles. The number of rotatable bonds is 5. The average Bonchev–Trinajstić information content (AvgIpc) is 2.88. The van der Waals surface area contributed by atoms with Crippen LogP contribution in [0.2, 0.25) is 0 Å². The van der Waals surface area contributed by atoms with Crippen molar-refractivity contribution in [3.63, 3.8) is 0 Å². The Morgan fingerprint density at radius 3 is 2.35 bits per heavy atom. The molecule has 7 nitrogen and oxygen atoms in total. The Hall–Kier alpha value is -1.48. The summed E-state index contributed by atoms with van der Waals surface area (Å²) in [4.78, 5) is 12.5. The van der Waals surface area contributed by atoms with Crippen molar-refractivity contribution in [1.29, 1.82) is 0 Å². The van der Waals surface area contributed by atoms with Gasteiger partial charge >= 0.3 is 0 Å². The third kappa shape index (κ3) is 4.43. The van der Waals surface area contributed by atoms with Crippen molar-refractivity contribution in [3.05, 3.63) is 29.8 Å². The number of carbonyl (C=O) groups is 1. The van der Waals surface area contributed by atoms with Crippen LogP contribution in [0.4, 0.5) is 0 Å². The van der Waals surface area contributed by atoms with Crippen molar-refractivity contribution in [2.45, 2.75) is 36.7 Å². The van der Waals surface area contributed by atoms with E-state index in [1.807, 2.05) is 0 Å². The second-order valence-corrected chi connectivity index (χ2v) is 8.98. The van der Waals surface area contributed by atoms with Gasteiger partial charge in [-0.25, -0.2) is 8.42 Å². The third-order valence-corrected chi connectivity index (χ3v) is 7.06. The number of sulfonamides is 1. The van der Waals surface area contributed by atoms with Gasteiger partial charge in [0.2, 0.25) is 10.0 Å². The molecule has 26 heavy (non-hydrogen) atoms. The second kappa shape index (κ2) is 8.47. The van der Waals surface area contributed by atoms with Crippen LogP contribution < -0.4 is 10.6 Å². The Labute approximate surface area is 154 Å². The maximum Gasteiger partial charge on any atom is 0.251 e. The summed E-state index contributed by atoms with van der Waals surface area (Å²) in [5.41, 5.74) is 0.417. The van der Waals surface area contributed by atoms with Crippen molar-refractivity contribution < 1.29 is 18.3 Å². The molecule has 144 valence electrons. The normalized spacial score (nSPS) is 25.0. The minimum absolute atomic E-state index is 0.00152. The summed E-state index contributed by atoms with van der Waals surface area (Å²) in [7, 11) is -3.50. The number of nitrogens with zero attached hydrogens (tertiary/aromatic N) is 1. The van der Waals surface area contributed by atoms with Crippen molar-refractivity contribution in [2.75, 3.05) is 32.7 Å². The van der Waals surface area contributed by atoms with Gasteiger partial charge in [0, 0.05) is 44.2 Å². The Bertz CT molecular complexity index is 712. The lowest BCUT2D eigenvalue weighted by atomic mass is 10.1. The highest BCUT2D eigenvalue weighted by Crippen LogP contribution is 2.20. The average molecular weight is 381 g/mol. The number of hydrogen-bond donors (Lipinski definition) is 3. The maximum atomic E-state index is 12.7. The van der Waals surface area contributed by atoms with Crippen molar-refractivity contribution in [1.82, 2.24) is 14.9 Å². The fraction of sp³-hybridized carbons (Fsp3) is 0.611. The van der Waals surface area contributed by atoms with Gasteiger partial charge in [-0.1, -0.05) is 12.8 Å². The summed E-state index contributed by atoms with van der Waals surface area (Å²) < 4.78 is 27.0. The third-order valence-electron chi connectivity index (χ3n) is 5.15. The first-order chi connectivity index (χ1) is 12.5. The number of carbonyl (C=O) groups excluding carboxylic acids is 1. The molecule has 2 atom stereocenters. The smallest absolute Gasteiger partial charge is 0.251 e. The summed E-state index contributed by atoms with van der Waals surface area (Å²) in [5, 5.41) is 15.6. The molecule has 2 aliphatic heterocycles. The first kappa shape index (κ1) is 19.3. The van der Waals surface area contributed by atoms with Crippen molar-refractivity contribution in [3.8, 4) is 0 Å². The van der Waals surface area contributed by atoms with E-state index in [1.165, 1.54) is 12.1 Å². The van der Waals surface area contributed by atoms with Gasteiger partial charge in [0.25, 0.3) is 5.91 Å². The number of benzene rings is 1. The number of aliphatic hydroxyl groups is 1. The van der Waals surface area contributed by atoms with Crippen LogP contribution in [0.1, 0.15) is 36.0 Å². The van der Waals surface area contributed by atoms with E-state index < -0.39 is 16.1 Å². The fourth-order valence-electron chi connectivity index (χ4n) is 3.46. The van der Waals surface area contributed by atoms with Gasteiger partial charge in [0.1, 0.15) is 0 Å². The predicted molar refractivity (Wildman–Crippen MR) is 98.4 cm³/mol. The highest BCUT2D eigenvalue weighted by Gasteiger charge is 2.26. The monoisotopic (exact) mass is 381 g/mol. The minimum atomic E-state index is -3.50. The molecule has 2 aliphatic rings. The molecule has 0 aromatic heterocycles. The van der Waals surface area contributed by atoms with Crippen LogP contribution in [0.25, 0.3) is 0 Å². The first-order valence-electron chi connectivity index (χ1n) is 9.25. The van der Waals surface area contributed by atoms with Crippen LogP contribution in [0, 0.1) is 5.92 Å². The molecule has 1 aromatic rings. The molecule has 0 radical (unpaired) electrons. The number of amides is 1. The molecule has 0 spiro atoms. The Kier molecular flexibility index (Phi) is 6.29. The zero-order valence-electron chi connectivity index (χ0n) is 14.9. The summed E-state index contributed by atoms with van der Waals surface area (Å²) in [6.07, 6.45) is 3.46. The highest BCUT2D eigenvalue weighted by molar-refractivity contribution is 7.89. The molecule has 8 heteroatoms. The van der Waals surface area contributed by atoms with E-state index >= 15 is 0 Å². The van der Waals surface area contributed by atoms with Gasteiger partial charge < -0.3 is 15.7 Å². The molecule has 0 aliphatic carbocycles. The lowest BCUT2D eigenvalue weighted by molar-refractivity contribution is 0.0927. The zero-order chi connectivity index (χ0) is 18.6. The number of hydrogen-bond acceptors (Lipinski definition) is 5. The second-order valence-electron chi connectivity index (χ2n) is 7.04. The topological polar surface area (TPSA) is 98.7 Å². The molecule has 1 amide bonds. The number of aliphatic hydroxyl groups excluding tert-OH is 1. The van der Waals surface area contributed by atoms with Crippen molar-refractivity contribution >= 4 is 15.9 Å². The Balaban J connectivity index is 1.62. The SMILES string of the molecule is O=C(NCC1CNCC1O)c1ccc(S(=O)(=O)N2CCCCCC2)cc1. The van der Waals surface area contributed by atoms with E-state index in [9.17, 15) is 18.3 Å². The fourth-order valence-corrected chi connectivity index (χ4v) is 4.98.